The van der Waals surface area contributed by atoms with Gasteiger partial charge in [0.25, 0.3) is 0 Å². The Kier molecular flexibility index (Phi) is 14.0. The van der Waals surface area contributed by atoms with E-state index >= 15 is 19.2 Å². The van der Waals surface area contributed by atoms with Gasteiger partial charge in [-0.1, -0.05) is 133 Å². The molecule has 14 heteroatoms. The molecule has 1 spiro atoms. The maximum Gasteiger partial charge on any atom is 0.329 e. The number of carbonyl (C=O) groups is 4. The van der Waals surface area contributed by atoms with Crippen molar-refractivity contribution < 1.29 is 43.2 Å². The summed E-state index contributed by atoms with van der Waals surface area (Å²) in [5, 5.41) is 13.4. The van der Waals surface area contributed by atoms with E-state index in [1.807, 2.05) is 151 Å². The van der Waals surface area contributed by atoms with E-state index in [-0.39, 0.29) is 38.8 Å². The summed E-state index contributed by atoms with van der Waals surface area (Å²) in [5.74, 6) is 5.32. The van der Waals surface area contributed by atoms with Crippen LogP contribution in [0.3, 0.4) is 0 Å². The van der Waals surface area contributed by atoms with Gasteiger partial charge in [0.05, 0.1) is 36.3 Å². The third-order valence-corrected chi connectivity index (χ3v) is 16.3. The minimum Gasteiger partial charge on any atom is -0.491 e. The van der Waals surface area contributed by atoms with Gasteiger partial charge in [0, 0.05) is 43.9 Å². The standard InChI is InChI=1S/C64H61N5O9/c1-42(46-18-8-3-9-19-46)65-63(74)68-51-30-28-44(27-26-43-16-6-2-7-17-43)38-50(51)64(62(68)73)55(60(71)67-34-32-66(33-35-67)40-45-29-31-53-54(39-45)77-41-76-53)57-61(72)78-58(48-22-12-5-13-23-48)56(47-20-10-4-11-21-47)69(57)59(64)49-24-14-15-25-52(49)75-37-36-70/h3-5,8-16,18-25,28-31,38-39,42,55-59,70H,2,6-7,17,32-37,40-41H2,1H3,(H,65,74)/t42-,55+,56+,57+,58-,59-,64+/m1/s1. The second kappa shape index (κ2) is 21.7. The number of hydrogen-bond donors (Lipinski definition) is 2. The lowest BCUT2D eigenvalue weighted by Gasteiger charge is -2.46. The summed E-state index contributed by atoms with van der Waals surface area (Å²) < 4.78 is 24.5. The predicted octanol–water partition coefficient (Wildman–Crippen LogP) is 9.12. The molecule has 12 rings (SSSR count). The van der Waals surface area contributed by atoms with Crippen LogP contribution in [-0.2, 0) is 31.1 Å². The molecule has 6 aromatic rings. The molecule has 3 saturated heterocycles. The lowest BCUT2D eigenvalue weighted by molar-refractivity contribution is -0.179. The number of piperazine rings is 1. The first-order valence-corrected chi connectivity index (χ1v) is 27.1. The molecule has 6 aliphatic rings. The van der Waals surface area contributed by atoms with Crippen molar-refractivity contribution in [2.45, 2.75) is 74.8 Å². The topological polar surface area (TPSA) is 150 Å². The van der Waals surface area contributed by atoms with Crippen LogP contribution in [0.2, 0.25) is 0 Å². The fourth-order valence-electron chi connectivity index (χ4n) is 12.7. The van der Waals surface area contributed by atoms with Crippen LogP contribution in [0, 0.1) is 17.8 Å². The maximum absolute atomic E-state index is 17.1. The maximum atomic E-state index is 17.1. The highest BCUT2D eigenvalue weighted by Gasteiger charge is 2.76. The molecule has 0 bridgehead atoms. The zero-order valence-electron chi connectivity index (χ0n) is 43.5. The van der Waals surface area contributed by atoms with E-state index in [9.17, 15) is 5.11 Å². The number of fused-ring (bicyclic) bond motifs is 4. The second-order valence-corrected chi connectivity index (χ2v) is 20.8. The number of esters is 1. The van der Waals surface area contributed by atoms with Gasteiger partial charge in [-0.3, -0.25) is 24.2 Å². The molecular weight excluding hydrogens is 983 g/mol. The van der Waals surface area contributed by atoms with Crippen molar-refractivity contribution in [2.24, 2.45) is 5.92 Å². The molecule has 78 heavy (non-hydrogen) atoms. The number of cyclic esters (lactones) is 1. The molecule has 14 nitrogen and oxygen atoms in total. The molecule has 5 heterocycles. The zero-order chi connectivity index (χ0) is 53.3. The Morgan fingerprint density at radius 3 is 2.24 bits per heavy atom. The van der Waals surface area contributed by atoms with Crippen molar-refractivity contribution in [1.29, 1.82) is 0 Å². The molecule has 1 aliphatic carbocycles. The largest absolute Gasteiger partial charge is 0.491 e. The SMILES string of the molecule is C[C@@H](NC(=O)N1C(=O)[C@@]2(c3cc(C#CC4=CCCCC4)ccc31)[C@H](C(=O)N1CCN(Cc3ccc4c(c3)OCO4)CC1)[C@H]1C(=O)O[C@H](c3ccccc3)[C@H](c3ccccc3)N1[C@@H]2c1ccccc1OCCO)c1ccccc1. The summed E-state index contributed by atoms with van der Waals surface area (Å²) in [6.45, 7) is 3.80. The number of aliphatic hydroxyl groups is 1. The van der Waals surface area contributed by atoms with E-state index in [0.717, 1.165) is 47.9 Å². The molecule has 7 atom stereocenters. The number of amides is 4. The Labute approximate surface area is 454 Å². The highest BCUT2D eigenvalue weighted by molar-refractivity contribution is 6.24. The number of nitrogens with zero attached hydrogens (tertiary/aromatic N) is 4. The van der Waals surface area contributed by atoms with Crippen LogP contribution < -0.4 is 24.4 Å². The van der Waals surface area contributed by atoms with Crippen LogP contribution in [0.15, 0.2) is 163 Å². The van der Waals surface area contributed by atoms with E-state index in [1.165, 1.54) is 4.90 Å². The quantitative estimate of drug-likeness (QED) is 0.0945. The van der Waals surface area contributed by atoms with Crippen molar-refractivity contribution in [2.75, 3.05) is 51.1 Å². The lowest BCUT2D eigenvalue weighted by atomic mass is 9.64. The highest BCUT2D eigenvalue weighted by Crippen LogP contribution is 2.67. The van der Waals surface area contributed by atoms with Gasteiger partial charge >= 0.3 is 12.0 Å². The minimum absolute atomic E-state index is 0.0815. The van der Waals surface area contributed by atoms with Gasteiger partial charge in [-0.15, -0.1) is 0 Å². The predicted molar refractivity (Wildman–Crippen MR) is 292 cm³/mol. The van der Waals surface area contributed by atoms with Gasteiger partial charge in [0.2, 0.25) is 18.6 Å². The molecule has 396 valence electrons. The number of ether oxygens (including phenoxy) is 4. The van der Waals surface area contributed by atoms with Gasteiger partial charge in [-0.2, -0.15) is 0 Å². The molecule has 6 aromatic carbocycles. The molecular formula is C64H61N5O9. The average Bonchev–Trinajstić information content (AvgIpc) is 4.22. The van der Waals surface area contributed by atoms with Crippen molar-refractivity contribution >= 4 is 29.5 Å². The smallest absolute Gasteiger partial charge is 0.329 e. The average molecular weight is 1040 g/mol. The third-order valence-electron chi connectivity index (χ3n) is 16.3. The van der Waals surface area contributed by atoms with Crippen LogP contribution in [0.5, 0.6) is 17.2 Å². The molecule has 0 aromatic heterocycles. The number of allylic oxidation sites excluding steroid dienone is 2. The Morgan fingerprint density at radius 1 is 0.782 bits per heavy atom. The molecule has 5 aliphatic heterocycles. The van der Waals surface area contributed by atoms with Crippen LogP contribution in [0.25, 0.3) is 0 Å². The molecule has 0 radical (unpaired) electrons. The van der Waals surface area contributed by atoms with Gasteiger partial charge in [0.15, 0.2) is 11.5 Å². The van der Waals surface area contributed by atoms with Crippen molar-refractivity contribution in [3.63, 3.8) is 0 Å². The Bertz CT molecular complexity index is 3340. The van der Waals surface area contributed by atoms with Gasteiger partial charge in [0.1, 0.15) is 29.9 Å². The fourth-order valence-corrected chi connectivity index (χ4v) is 12.7. The Morgan fingerprint density at radius 2 is 1.50 bits per heavy atom. The van der Waals surface area contributed by atoms with Gasteiger partial charge < -0.3 is 34.3 Å². The van der Waals surface area contributed by atoms with Gasteiger partial charge in [-0.05, 0) is 102 Å². The third kappa shape index (κ3) is 9.15. The summed E-state index contributed by atoms with van der Waals surface area (Å²) in [6.07, 6.45) is 5.17. The lowest BCUT2D eigenvalue weighted by Crippen LogP contribution is -2.59. The second-order valence-electron chi connectivity index (χ2n) is 20.8. The van der Waals surface area contributed by atoms with Gasteiger partial charge in [-0.25, -0.2) is 9.69 Å². The first-order valence-electron chi connectivity index (χ1n) is 27.1. The first kappa shape index (κ1) is 50.6. The molecule has 3 fully saturated rings. The van der Waals surface area contributed by atoms with Crippen LogP contribution in [-0.4, -0.2) is 95.8 Å². The van der Waals surface area contributed by atoms with E-state index in [2.05, 4.69) is 28.1 Å². The Balaban J connectivity index is 1.07. The number of imide groups is 1. The molecule has 2 N–H and O–H groups in total. The highest BCUT2D eigenvalue weighted by atomic mass is 16.7. The van der Waals surface area contributed by atoms with Crippen molar-refractivity contribution in [3.05, 3.63) is 202 Å². The summed E-state index contributed by atoms with van der Waals surface area (Å²) in [6, 6.07) is 42.8. The number of benzene rings is 6. The monoisotopic (exact) mass is 1040 g/mol. The number of nitrogens with one attached hydrogen (secondary N) is 1. The van der Waals surface area contributed by atoms with E-state index in [4.69, 9.17) is 18.9 Å². The summed E-state index contributed by atoms with van der Waals surface area (Å²) in [7, 11) is 0. The normalized spacial score (nSPS) is 23.9. The van der Waals surface area contributed by atoms with Crippen molar-refractivity contribution in [1.82, 2.24) is 20.0 Å². The number of urea groups is 1. The number of rotatable bonds is 11. The first-order chi connectivity index (χ1) is 38.2. The summed E-state index contributed by atoms with van der Waals surface area (Å²) >= 11 is 0. The number of morpholine rings is 1. The van der Waals surface area contributed by atoms with Crippen molar-refractivity contribution in [3.8, 4) is 29.1 Å². The minimum atomic E-state index is -2.02. The van der Waals surface area contributed by atoms with E-state index in [0.29, 0.717) is 59.1 Å². The fraction of sp³-hybridized carbons (Fsp3) is 0.312. The van der Waals surface area contributed by atoms with Crippen LogP contribution in [0.4, 0.5) is 10.5 Å². The van der Waals surface area contributed by atoms with Crippen LogP contribution >= 0.6 is 0 Å². The summed E-state index contributed by atoms with van der Waals surface area (Å²) in [5.41, 5.74) is 4.08. The molecule has 4 amide bonds. The number of aliphatic hydroxyl groups excluding tert-OH is 1. The number of anilines is 1. The number of hydrogen-bond acceptors (Lipinski definition) is 11. The van der Waals surface area contributed by atoms with E-state index in [1.54, 1.807) is 17.0 Å². The zero-order valence-corrected chi connectivity index (χ0v) is 43.5. The molecule has 0 unspecified atom stereocenters. The number of carbonyl (C=O) groups excluding carboxylic acids is 4. The Hall–Kier alpha value is -8.22. The number of para-hydroxylation sites is 1. The van der Waals surface area contributed by atoms with E-state index < -0.39 is 65.4 Å². The summed E-state index contributed by atoms with van der Waals surface area (Å²) in [4.78, 5) is 72.3. The molecule has 0 saturated carbocycles. The van der Waals surface area contributed by atoms with Crippen LogP contribution in [0.1, 0.15) is 95.8 Å².